The van der Waals surface area contributed by atoms with Crippen molar-refractivity contribution in [1.82, 2.24) is 20.2 Å². The van der Waals surface area contributed by atoms with Crippen molar-refractivity contribution in [1.29, 1.82) is 0 Å². The highest BCUT2D eigenvalue weighted by Gasteiger charge is 2.45. The highest BCUT2D eigenvalue weighted by Crippen LogP contribution is 2.49. The number of rotatable bonds is 8. The number of carbonyl (C=O) groups is 1. The van der Waals surface area contributed by atoms with Gasteiger partial charge in [-0.2, -0.15) is 0 Å². The number of amides is 1. The van der Waals surface area contributed by atoms with Crippen LogP contribution in [0.4, 0.5) is 8.78 Å². The molecule has 1 saturated carbocycles. The van der Waals surface area contributed by atoms with E-state index in [0.29, 0.717) is 5.56 Å². The molecule has 1 spiro atoms. The van der Waals surface area contributed by atoms with Crippen molar-refractivity contribution in [2.45, 2.75) is 62.8 Å². The molecule has 3 atom stereocenters. The molecule has 1 aliphatic heterocycles. The molecule has 0 unspecified atom stereocenters. The van der Waals surface area contributed by atoms with Gasteiger partial charge in [0.2, 0.25) is 5.91 Å². The molecule has 0 saturated heterocycles. The molecule has 3 aromatic rings. The second kappa shape index (κ2) is 9.99. The fraction of sp³-hybridized carbons (Fsp3) is 0.407. The number of nitrogens with one attached hydrogen (secondary N) is 2. The van der Waals surface area contributed by atoms with Crippen molar-refractivity contribution >= 4 is 5.91 Å². The van der Waals surface area contributed by atoms with Gasteiger partial charge in [-0.3, -0.25) is 4.79 Å². The van der Waals surface area contributed by atoms with Crippen molar-refractivity contribution in [3.63, 3.8) is 0 Å². The number of halogens is 2. The highest BCUT2D eigenvalue weighted by molar-refractivity contribution is 5.73. The molecule has 2 heterocycles. The van der Waals surface area contributed by atoms with Gasteiger partial charge in [0.25, 0.3) is 0 Å². The molecule has 2 aromatic carbocycles. The zero-order valence-corrected chi connectivity index (χ0v) is 20.1. The molecule has 7 nitrogen and oxygen atoms in total. The number of benzene rings is 2. The van der Waals surface area contributed by atoms with Crippen LogP contribution in [-0.2, 0) is 11.2 Å². The number of hydrogen-bond acceptors (Lipinski definition) is 5. The number of hydrogen-bond donors (Lipinski definition) is 3. The normalized spacial score (nSPS) is 19.6. The molecule has 9 heteroatoms. The minimum Gasteiger partial charge on any atom is -0.487 e. The van der Waals surface area contributed by atoms with Crippen molar-refractivity contribution in [2.24, 2.45) is 0 Å². The van der Waals surface area contributed by atoms with E-state index in [1.54, 1.807) is 12.5 Å². The van der Waals surface area contributed by atoms with Crippen LogP contribution in [-0.4, -0.2) is 44.9 Å². The Morgan fingerprint density at radius 1 is 1.25 bits per heavy atom. The maximum absolute atomic E-state index is 13.7. The van der Waals surface area contributed by atoms with Gasteiger partial charge in [0, 0.05) is 55.6 Å². The Bertz CT molecular complexity index is 1210. The molecule has 2 aliphatic rings. The number of nitrogens with zero attached hydrogens (tertiary/aromatic N) is 2. The summed E-state index contributed by atoms with van der Waals surface area (Å²) in [5.41, 5.74) is 2.10. The SMILES string of the molecule is CC(=O)N[C@@H](Cc1cc(F)cc(F)c1)[C@@H](O)CN[C@H]1CC2(CCC2)Oc2ccc(-n3ccnc3)cc21. The minimum absolute atomic E-state index is 0.0724. The monoisotopic (exact) mass is 496 g/mol. The van der Waals surface area contributed by atoms with Crippen LogP contribution in [0.5, 0.6) is 5.75 Å². The van der Waals surface area contributed by atoms with Gasteiger partial charge in [-0.15, -0.1) is 0 Å². The summed E-state index contributed by atoms with van der Waals surface area (Å²) in [6.45, 7) is 1.53. The molecule has 36 heavy (non-hydrogen) atoms. The van der Waals surface area contributed by atoms with Crippen molar-refractivity contribution in [2.75, 3.05) is 6.54 Å². The third-order valence-corrected chi connectivity index (χ3v) is 7.14. The first kappa shape index (κ1) is 24.4. The lowest BCUT2D eigenvalue weighted by Crippen LogP contribution is -2.52. The summed E-state index contributed by atoms with van der Waals surface area (Å²) in [5, 5.41) is 17.2. The Morgan fingerprint density at radius 3 is 2.67 bits per heavy atom. The molecule has 0 bridgehead atoms. The van der Waals surface area contributed by atoms with E-state index in [9.17, 15) is 18.7 Å². The van der Waals surface area contributed by atoms with E-state index in [1.165, 1.54) is 19.1 Å². The maximum atomic E-state index is 13.7. The molecule has 3 N–H and O–H groups in total. The zero-order chi connectivity index (χ0) is 25.3. The molecular weight excluding hydrogens is 466 g/mol. The summed E-state index contributed by atoms with van der Waals surface area (Å²) in [6.07, 6.45) is 8.28. The topological polar surface area (TPSA) is 88.4 Å². The van der Waals surface area contributed by atoms with Crippen LogP contribution in [0.1, 0.15) is 49.8 Å². The molecule has 1 amide bonds. The largest absolute Gasteiger partial charge is 0.487 e. The van der Waals surface area contributed by atoms with Crippen LogP contribution < -0.4 is 15.4 Å². The predicted octanol–water partition coefficient (Wildman–Crippen LogP) is 3.59. The van der Waals surface area contributed by atoms with Gasteiger partial charge in [0.05, 0.1) is 18.5 Å². The molecule has 1 fully saturated rings. The van der Waals surface area contributed by atoms with E-state index in [0.717, 1.165) is 48.8 Å². The third-order valence-electron chi connectivity index (χ3n) is 7.14. The lowest BCUT2D eigenvalue weighted by atomic mass is 9.73. The summed E-state index contributed by atoms with van der Waals surface area (Å²) >= 11 is 0. The van der Waals surface area contributed by atoms with E-state index in [-0.39, 0.29) is 30.5 Å². The molecule has 1 aromatic heterocycles. The fourth-order valence-corrected chi connectivity index (χ4v) is 5.22. The number of carbonyl (C=O) groups excluding carboxylic acids is 1. The molecule has 5 rings (SSSR count). The Morgan fingerprint density at radius 2 is 2.03 bits per heavy atom. The Labute approximate surface area is 208 Å². The van der Waals surface area contributed by atoms with Crippen LogP contribution in [0.25, 0.3) is 5.69 Å². The van der Waals surface area contributed by atoms with Gasteiger partial charge in [-0.1, -0.05) is 0 Å². The summed E-state index contributed by atoms with van der Waals surface area (Å²) in [7, 11) is 0. The minimum atomic E-state index is -0.985. The zero-order valence-electron chi connectivity index (χ0n) is 20.1. The molecule has 0 radical (unpaired) electrons. The van der Waals surface area contributed by atoms with Crippen molar-refractivity contribution in [3.05, 3.63) is 77.9 Å². The lowest BCUT2D eigenvalue weighted by molar-refractivity contribution is -0.120. The van der Waals surface area contributed by atoms with Crippen LogP contribution in [0.15, 0.2) is 55.1 Å². The number of aliphatic hydroxyl groups excluding tert-OH is 1. The number of imidazole rings is 1. The first-order chi connectivity index (χ1) is 17.3. The van der Waals surface area contributed by atoms with E-state index in [1.807, 2.05) is 22.9 Å². The van der Waals surface area contributed by atoms with Gasteiger partial charge in [-0.05, 0) is 61.6 Å². The van der Waals surface area contributed by atoms with Crippen LogP contribution in [0, 0.1) is 11.6 Å². The van der Waals surface area contributed by atoms with Gasteiger partial charge < -0.3 is 25.0 Å². The molecule has 1 aliphatic carbocycles. The Balaban J connectivity index is 1.34. The summed E-state index contributed by atoms with van der Waals surface area (Å²) in [6, 6.07) is 8.47. The van der Waals surface area contributed by atoms with Crippen molar-refractivity contribution < 1.29 is 23.4 Å². The lowest BCUT2D eigenvalue weighted by Gasteiger charge is -2.48. The fourth-order valence-electron chi connectivity index (χ4n) is 5.22. The van der Waals surface area contributed by atoms with Gasteiger partial charge >= 0.3 is 0 Å². The van der Waals surface area contributed by atoms with Gasteiger partial charge in [0.1, 0.15) is 23.0 Å². The number of fused-ring (bicyclic) bond motifs is 1. The van der Waals surface area contributed by atoms with E-state index >= 15 is 0 Å². The van der Waals surface area contributed by atoms with Crippen molar-refractivity contribution in [3.8, 4) is 11.4 Å². The molecular formula is C27H30F2N4O3. The Hall–Kier alpha value is -3.30. The van der Waals surface area contributed by atoms with Gasteiger partial charge in [-0.25, -0.2) is 13.8 Å². The quantitative estimate of drug-likeness (QED) is 0.444. The second-order valence-corrected chi connectivity index (χ2v) is 9.85. The average Bonchev–Trinajstić information content (AvgIpc) is 3.34. The van der Waals surface area contributed by atoms with E-state index < -0.39 is 23.8 Å². The average molecular weight is 497 g/mol. The Kier molecular flexibility index (Phi) is 6.77. The van der Waals surface area contributed by atoms with E-state index in [4.69, 9.17) is 4.74 Å². The number of aliphatic hydroxyl groups is 1. The van der Waals surface area contributed by atoms with Crippen LogP contribution >= 0.6 is 0 Å². The summed E-state index contributed by atoms with van der Waals surface area (Å²) < 4.78 is 35.7. The van der Waals surface area contributed by atoms with E-state index in [2.05, 4.69) is 21.7 Å². The first-order valence-electron chi connectivity index (χ1n) is 12.3. The summed E-state index contributed by atoms with van der Waals surface area (Å²) in [4.78, 5) is 15.9. The molecule has 190 valence electrons. The predicted molar refractivity (Wildman–Crippen MR) is 130 cm³/mol. The summed E-state index contributed by atoms with van der Waals surface area (Å²) in [5.74, 6) is -0.897. The first-order valence-corrected chi connectivity index (χ1v) is 12.3. The number of ether oxygens (including phenoxy) is 1. The maximum Gasteiger partial charge on any atom is 0.217 e. The second-order valence-electron chi connectivity index (χ2n) is 9.85. The van der Waals surface area contributed by atoms with Crippen LogP contribution in [0.2, 0.25) is 0 Å². The third kappa shape index (κ3) is 5.27. The van der Waals surface area contributed by atoms with Gasteiger partial charge in [0.15, 0.2) is 0 Å². The highest BCUT2D eigenvalue weighted by atomic mass is 19.1. The number of aromatic nitrogens is 2. The standard InChI is InChI=1S/C27H30F2N4O3/c1-17(34)32-23(11-18-9-19(28)12-20(29)10-18)25(35)15-31-24-14-27(5-2-6-27)36-26-4-3-21(13-22(24)26)33-8-7-30-16-33/h3-4,7-10,12-13,16,23-25,31,35H,2,5-6,11,14-15H2,1H3,(H,32,34)/t23-,24-,25-/m0/s1. The van der Waals surface area contributed by atoms with Crippen LogP contribution in [0.3, 0.4) is 0 Å². The smallest absolute Gasteiger partial charge is 0.217 e.